The standard InChI is InChI=1S/C14H16F3NO3/c1-2-20-13(19)12(18)5-3-4-10-6-8-11(9-7-10)21-14(15,16)17/h3,5-6,8,18H,2,4,7,9H2,1H3. The summed E-state index contributed by atoms with van der Waals surface area (Å²) in [5.74, 6) is -0.818. The van der Waals surface area contributed by atoms with Crippen molar-refractivity contribution in [1.82, 2.24) is 0 Å². The predicted octanol–water partition coefficient (Wildman–Crippen LogP) is 3.66. The molecule has 4 nitrogen and oxygen atoms in total. The molecule has 0 saturated carbocycles. The van der Waals surface area contributed by atoms with Crippen LogP contribution < -0.4 is 0 Å². The molecule has 0 atom stereocenters. The maximum absolute atomic E-state index is 12.0. The molecule has 0 spiro atoms. The molecule has 0 bridgehead atoms. The van der Waals surface area contributed by atoms with E-state index in [1.54, 1.807) is 19.1 Å². The largest absolute Gasteiger partial charge is 0.572 e. The molecule has 0 aromatic carbocycles. The van der Waals surface area contributed by atoms with Gasteiger partial charge in [0.1, 0.15) is 11.5 Å². The second-order valence-electron chi connectivity index (χ2n) is 4.25. The Morgan fingerprint density at radius 1 is 1.38 bits per heavy atom. The fourth-order valence-electron chi connectivity index (χ4n) is 1.67. The predicted molar refractivity (Wildman–Crippen MR) is 70.7 cm³/mol. The number of ether oxygens (including phenoxy) is 2. The average molecular weight is 303 g/mol. The van der Waals surface area contributed by atoms with E-state index in [1.807, 2.05) is 0 Å². The minimum absolute atomic E-state index is 0.116. The van der Waals surface area contributed by atoms with E-state index in [9.17, 15) is 18.0 Å². The molecule has 0 radical (unpaired) electrons. The molecule has 1 aliphatic carbocycles. The summed E-state index contributed by atoms with van der Waals surface area (Å²) in [7, 11) is 0. The van der Waals surface area contributed by atoms with Gasteiger partial charge in [-0.1, -0.05) is 17.7 Å². The summed E-state index contributed by atoms with van der Waals surface area (Å²) in [5.41, 5.74) is 0.641. The number of hydrogen-bond acceptors (Lipinski definition) is 4. The van der Waals surface area contributed by atoms with Crippen molar-refractivity contribution in [3.05, 3.63) is 35.6 Å². The molecule has 1 aliphatic rings. The van der Waals surface area contributed by atoms with E-state index in [0.717, 1.165) is 5.57 Å². The normalized spacial score (nSPS) is 15.4. The van der Waals surface area contributed by atoms with Crippen LogP contribution in [0.15, 0.2) is 35.6 Å². The van der Waals surface area contributed by atoms with Crippen LogP contribution in [0.5, 0.6) is 0 Å². The fraction of sp³-hybridized carbons (Fsp3) is 0.429. The van der Waals surface area contributed by atoms with Crippen LogP contribution in [0.2, 0.25) is 0 Å². The molecule has 0 amide bonds. The summed E-state index contributed by atoms with van der Waals surface area (Å²) in [5, 5.41) is 7.41. The quantitative estimate of drug-likeness (QED) is 0.602. The summed E-state index contributed by atoms with van der Waals surface area (Å²) in [4.78, 5) is 11.2. The van der Waals surface area contributed by atoms with Gasteiger partial charge in [-0.2, -0.15) is 0 Å². The molecular weight excluding hydrogens is 287 g/mol. The van der Waals surface area contributed by atoms with Gasteiger partial charge in [-0.25, -0.2) is 4.79 Å². The van der Waals surface area contributed by atoms with Gasteiger partial charge in [0.05, 0.1) is 6.61 Å². The highest BCUT2D eigenvalue weighted by atomic mass is 19.4. The minimum atomic E-state index is -4.66. The van der Waals surface area contributed by atoms with Gasteiger partial charge in [0.2, 0.25) is 0 Å². The minimum Gasteiger partial charge on any atom is -0.461 e. The summed E-state index contributed by atoms with van der Waals surface area (Å²) in [6.45, 7) is 1.85. The molecule has 0 heterocycles. The first-order valence-corrected chi connectivity index (χ1v) is 6.38. The Morgan fingerprint density at radius 3 is 2.62 bits per heavy atom. The molecular formula is C14H16F3NO3. The molecule has 21 heavy (non-hydrogen) atoms. The topological polar surface area (TPSA) is 59.4 Å². The van der Waals surface area contributed by atoms with E-state index in [-0.39, 0.29) is 24.5 Å². The number of allylic oxidation sites excluding steroid dienone is 5. The smallest absolute Gasteiger partial charge is 0.461 e. The molecule has 0 aromatic rings. The van der Waals surface area contributed by atoms with Crippen LogP contribution in [-0.2, 0) is 14.3 Å². The summed E-state index contributed by atoms with van der Waals surface area (Å²) in [6, 6.07) is 0. The second kappa shape index (κ2) is 7.66. The van der Waals surface area contributed by atoms with E-state index in [2.05, 4.69) is 9.47 Å². The van der Waals surface area contributed by atoms with Crippen molar-refractivity contribution in [3.8, 4) is 0 Å². The number of hydrogen-bond donors (Lipinski definition) is 1. The molecule has 1 N–H and O–H groups in total. The lowest BCUT2D eigenvalue weighted by Crippen LogP contribution is -2.14. The highest BCUT2D eigenvalue weighted by Crippen LogP contribution is 2.28. The second-order valence-corrected chi connectivity index (χ2v) is 4.25. The Kier molecular flexibility index (Phi) is 6.20. The van der Waals surface area contributed by atoms with E-state index in [4.69, 9.17) is 5.41 Å². The molecule has 0 fully saturated rings. The zero-order chi connectivity index (χ0) is 15.9. The molecule has 0 aliphatic heterocycles. The Morgan fingerprint density at radius 2 is 2.10 bits per heavy atom. The number of carbonyl (C=O) groups excluding carboxylic acids is 1. The van der Waals surface area contributed by atoms with Crippen LogP contribution >= 0.6 is 0 Å². The van der Waals surface area contributed by atoms with Crippen molar-refractivity contribution >= 4 is 11.7 Å². The zero-order valence-corrected chi connectivity index (χ0v) is 11.5. The van der Waals surface area contributed by atoms with E-state index in [0.29, 0.717) is 12.8 Å². The lowest BCUT2D eigenvalue weighted by atomic mass is 10.0. The molecule has 0 aromatic heterocycles. The number of esters is 1. The van der Waals surface area contributed by atoms with Crippen LogP contribution in [0.4, 0.5) is 13.2 Å². The fourth-order valence-corrected chi connectivity index (χ4v) is 1.67. The van der Waals surface area contributed by atoms with Crippen LogP contribution in [0.1, 0.15) is 26.2 Å². The van der Waals surface area contributed by atoms with Gasteiger partial charge in [0.25, 0.3) is 0 Å². The van der Waals surface area contributed by atoms with E-state index >= 15 is 0 Å². The van der Waals surface area contributed by atoms with Crippen molar-refractivity contribution in [2.75, 3.05) is 6.61 Å². The molecule has 1 rings (SSSR count). The number of nitrogens with one attached hydrogen (secondary N) is 1. The van der Waals surface area contributed by atoms with Gasteiger partial charge < -0.3 is 9.47 Å². The molecule has 7 heteroatoms. The Hall–Kier alpha value is -2.05. The average Bonchev–Trinajstić information content (AvgIpc) is 2.39. The van der Waals surface area contributed by atoms with Gasteiger partial charge in [-0.3, -0.25) is 5.41 Å². The lowest BCUT2D eigenvalue weighted by Gasteiger charge is -2.16. The third kappa shape index (κ3) is 6.78. The SMILES string of the molecule is CCOC(=O)C(=N)C=CCC1=CC=C(OC(F)(F)F)CC1. The first kappa shape index (κ1) is 17.0. The lowest BCUT2D eigenvalue weighted by molar-refractivity contribution is -0.306. The van der Waals surface area contributed by atoms with Gasteiger partial charge in [0, 0.05) is 6.42 Å². The highest BCUT2D eigenvalue weighted by molar-refractivity contribution is 6.39. The van der Waals surface area contributed by atoms with Crippen LogP contribution in [-0.4, -0.2) is 24.7 Å². The van der Waals surface area contributed by atoms with Crippen molar-refractivity contribution in [3.63, 3.8) is 0 Å². The highest BCUT2D eigenvalue weighted by Gasteiger charge is 2.32. The molecule has 0 saturated heterocycles. The van der Waals surface area contributed by atoms with Crippen LogP contribution in [0, 0.1) is 5.41 Å². The Bertz CT molecular complexity index is 490. The van der Waals surface area contributed by atoms with Gasteiger partial charge >= 0.3 is 12.3 Å². The maximum atomic E-state index is 12.0. The van der Waals surface area contributed by atoms with Crippen molar-refractivity contribution in [2.45, 2.75) is 32.5 Å². The Labute approximate surface area is 120 Å². The van der Waals surface area contributed by atoms with Crippen molar-refractivity contribution in [2.24, 2.45) is 0 Å². The maximum Gasteiger partial charge on any atom is 0.572 e. The zero-order valence-electron chi connectivity index (χ0n) is 11.5. The summed E-state index contributed by atoms with van der Waals surface area (Å²) in [6.07, 6.45) is 2.19. The van der Waals surface area contributed by atoms with Gasteiger partial charge in [-0.15, -0.1) is 13.2 Å². The number of carbonyl (C=O) groups is 1. The monoisotopic (exact) mass is 303 g/mol. The summed E-state index contributed by atoms with van der Waals surface area (Å²) >= 11 is 0. The van der Waals surface area contributed by atoms with Crippen molar-refractivity contribution < 1.29 is 27.4 Å². The number of alkyl halides is 3. The Balaban J connectivity index is 2.47. The summed E-state index contributed by atoms with van der Waals surface area (Å²) < 4.78 is 44.5. The van der Waals surface area contributed by atoms with Gasteiger partial charge in [0.15, 0.2) is 0 Å². The third-order valence-corrected chi connectivity index (χ3v) is 2.60. The number of halogens is 3. The number of rotatable bonds is 6. The van der Waals surface area contributed by atoms with Crippen molar-refractivity contribution in [1.29, 1.82) is 5.41 Å². The van der Waals surface area contributed by atoms with E-state index < -0.39 is 12.3 Å². The first-order chi connectivity index (χ1) is 9.81. The third-order valence-electron chi connectivity index (χ3n) is 2.60. The first-order valence-electron chi connectivity index (χ1n) is 6.38. The van der Waals surface area contributed by atoms with Gasteiger partial charge in [-0.05, 0) is 31.9 Å². The van der Waals surface area contributed by atoms with E-state index in [1.165, 1.54) is 12.2 Å². The van der Waals surface area contributed by atoms with Crippen LogP contribution in [0.3, 0.4) is 0 Å². The van der Waals surface area contributed by atoms with Crippen LogP contribution in [0.25, 0.3) is 0 Å². The molecule has 0 unspecified atom stereocenters. The molecule has 116 valence electrons.